The highest BCUT2D eigenvalue weighted by molar-refractivity contribution is 5.47. The van der Waals surface area contributed by atoms with Gasteiger partial charge in [-0.2, -0.15) is 0 Å². The maximum atomic E-state index is 10.2. The molecule has 2 aliphatic rings. The van der Waals surface area contributed by atoms with Gasteiger partial charge in [0.05, 0.1) is 6.10 Å². The van der Waals surface area contributed by atoms with E-state index < -0.39 is 0 Å². The van der Waals surface area contributed by atoms with Crippen LogP contribution in [0.2, 0.25) is 0 Å². The first-order valence-corrected chi connectivity index (χ1v) is 12.1. The van der Waals surface area contributed by atoms with Crippen molar-refractivity contribution in [3.8, 4) is 5.75 Å². The van der Waals surface area contributed by atoms with Gasteiger partial charge >= 0.3 is 0 Å². The summed E-state index contributed by atoms with van der Waals surface area (Å²) in [6.45, 7) is 13.8. The second-order valence-electron chi connectivity index (χ2n) is 11.4. The minimum Gasteiger partial charge on any atom is -0.491 e. The molecule has 31 heavy (non-hydrogen) atoms. The largest absolute Gasteiger partial charge is 0.491 e. The van der Waals surface area contributed by atoms with E-state index in [2.05, 4.69) is 84.0 Å². The summed E-state index contributed by atoms with van der Waals surface area (Å²) in [5, 5.41) is 10.2. The second kappa shape index (κ2) is 7.96. The first-order valence-electron chi connectivity index (χ1n) is 12.1. The molecule has 1 saturated carbocycles. The fourth-order valence-corrected chi connectivity index (χ4v) is 6.59. The third-order valence-corrected chi connectivity index (χ3v) is 8.51. The van der Waals surface area contributed by atoms with Crippen LogP contribution in [-0.4, -0.2) is 17.8 Å². The molecule has 1 fully saturated rings. The predicted molar refractivity (Wildman–Crippen MR) is 129 cm³/mol. The van der Waals surface area contributed by atoms with Crippen molar-refractivity contribution in [3.05, 3.63) is 64.7 Å². The van der Waals surface area contributed by atoms with Gasteiger partial charge in [-0.05, 0) is 90.7 Å². The molecular weight excluding hydrogens is 380 g/mol. The number of rotatable bonds is 5. The maximum Gasteiger partial charge on any atom is 0.119 e. The number of aliphatic hydroxyl groups is 1. The summed E-state index contributed by atoms with van der Waals surface area (Å²) in [5.74, 6) is 1.50. The number of hydrogen-bond acceptors (Lipinski definition) is 2. The van der Waals surface area contributed by atoms with Gasteiger partial charge in [0.2, 0.25) is 0 Å². The molecule has 2 nitrogen and oxygen atoms in total. The molecule has 4 rings (SSSR count). The van der Waals surface area contributed by atoms with Crippen molar-refractivity contribution in [2.75, 3.05) is 6.61 Å². The van der Waals surface area contributed by atoms with Crippen LogP contribution in [0.4, 0.5) is 0 Å². The molecule has 2 aromatic carbocycles. The van der Waals surface area contributed by atoms with E-state index in [0.717, 1.165) is 18.6 Å². The molecule has 0 spiro atoms. The number of ether oxygens (including phenoxy) is 1. The summed E-state index contributed by atoms with van der Waals surface area (Å²) in [7, 11) is 0. The van der Waals surface area contributed by atoms with Crippen LogP contribution < -0.4 is 4.74 Å². The number of hydrogen-bond donors (Lipinski definition) is 1. The van der Waals surface area contributed by atoms with Crippen molar-refractivity contribution < 1.29 is 9.84 Å². The fourth-order valence-electron chi connectivity index (χ4n) is 6.59. The normalized spacial score (nSPS) is 28.2. The van der Waals surface area contributed by atoms with Crippen LogP contribution in [-0.2, 0) is 17.3 Å². The molecule has 1 N–H and O–H groups in total. The second-order valence-corrected chi connectivity index (χ2v) is 11.4. The highest BCUT2D eigenvalue weighted by Crippen LogP contribution is 2.57. The van der Waals surface area contributed by atoms with Crippen LogP contribution in [0.25, 0.3) is 0 Å². The molecule has 0 amide bonds. The molecule has 3 unspecified atom stereocenters. The zero-order valence-corrected chi connectivity index (χ0v) is 20.3. The van der Waals surface area contributed by atoms with Crippen LogP contribution in [0.3, 0.4) is 0 Å². The third-order valence-electron chi connectivity index (χ3n) is 8.51. The minimum absolute atomic E-state index is 0.0580. The fraction of sp³-hybridized carbons (Fsp3) is 0.586. The topological polar surface area (TPSA) is 29.5 Å². The van der Waals surface area contributed by atoms with Crippen molar-refractivity contribution in [1.82, 2.24) is 0 Å². The Kier molecular flexibility index (Phi) is 5.75. The Labute approximate surface area is 189 Å². The van der Waals surface area contributed by atoms with Crippen LogP contribution in [0.15, 0.2) is 42.5 Å². The van der Waals surface area contributed by atoms with Gasteiger partial charge in [-0.15, -0.1) is 0 Å². The number of aryl methyl sites for hydroxylation is 1. The van der Waals surface area contributed by atoms with E-state index in [1.165, 1.54) is 41.5 Å². The highest BCUT2D eigenvalue weighted by Gasteiger charge is 2.51. The average Bonchev–Trinajstić information content (AvgIpc) is 2.73. The Hall–Kier alpha value is -1.80. The number of benzene rings is 2. The quantitative estimate of drug-likeness (QED) is 0.576. The van der Waals surface area contributed by atoms with Crippen molar-refractivity contribution in [2.45, 2.75) is 90.6 Å². The maximum absolute atomic E-state index is 10.2. The lowest BCUT2D eigenvalue weighted by Crippen LogP contribution is -2.50. The lowest BCUT2D eigenvalue weighted by atomic mass is 9.50. The number of fused-ring (bicyclic) bond motifs is 3. The van der Waals surface area contributed by atoms with Gasteiger partial charge in [0.1, 0.15) is 5.75 Å². The minimum atomic E-state index is -0.0602. The Balaban J connectivity index is 1.66. The highest BCUT2D eigenvalue weighted by atomic mass is 16.5. The lowest BCUT2D eigenvalue weighted by Gasteiger charge is -2.55. The Bertz CT molecular complexity index is 926. The van der Waals surface area contributed by atoms with E-state index in [9.17, 15) is 5.11 Å². The molecule has 2 heteroatoms. The van der Waals surface area contributed by atoms with Crippen molar-refractivity contribution in [1.29, 1.82) is 0 Å². The molecule has 3 atom stereocenters. The molecule has 0 bridgehead atoms. The van der Waals surface area contributed by atoms with Crippen molar-refractivity contribution >= 4 is 0 Å². The first kappa shape index (κ1) is 22.4. The molecule has 2 aromatic rings. The molecule has 0 aromatic heterocycles. The predicted octanol–water partition coefficient (Wildman–Crippen LogP) is 6.80. The third kappa shape index (κ3) is 3.82. The van der Waals surface area contributed by atoms with Gasteiger partial charge in [-0.25, -0.2) is 0 Å². The summed E-state index contributed by atoms with van der Waals surface area (Å²) in [6, 6.07) is 15.9. The van der Waals surface area contributed by atoms with E-state index in [0.29, 0.717) is 12.5 Å². The van der Waals surface area contributed by atoms with E-state index >= 15 is 0 Å². The molecule has 0 saturated heterocycles. The zero-order chi connectivity index (χ0) is 22.4. The molecule has 0 aliphatic heterocycles. The monoisotopic (exact) mass is 420 g/mol. The van der Waals surface area contributed by atoms with Crippen LogP contribution in [0.1, 0.15) is 89.5 Å². The van der Waals surface area contributed by atoms with Gasteiger partial charge in [-0.1, -0.05) is 64.4 Å². The summed E-state index contributed by atoms with van der Waals surface area (Å²) in [5.41, 5.74) is 5.93. The van der Waals surface area contributed by atoms with E-state index in [-0.39, 0.29) is 22.3 Å². The van der Waals surface area contributed by atoms with Crippen LogP contribution in [0, 0.1) is 11.3 Å². The first-order chi connectivity index (χ1) is 14.6. The lowest BCUT2D eigenvalue weighted by molar-refractivity contribution is -0.0179. The van der Waals surface area contributed by atoms with Gasteiger partial charge in [-0.3, -0.25) is 0 Å². The van der Waals surface area contributed by atoms with Crippen molar-refractivity contribution in [3.63, 3.8) is 0 Å². The summed E-state index contributed by atoms with van der Waals surface area (Å²) in [4.78, 5) is 0. The van der Waals surface area contributed by atoms with Gasteiger partial charge < -0.3 is 9.84 Å². The van der Waals surface area contributed by atoms with E-state index in [4.69, 9.17) is 4.74 Å². The molecule has 168 valence electrons. The summed E-state index contributed by atoms with van der Waals surface area (Å²) in [6.07, 6.45) is 6.10. The molecule has 2 aliphatic carbocycles. The zero-order valence-electron chi connectivity index (χ0n) is 20.3. The SMILES string of the molecule is CC(C)Oc1ccc(C(C)(C)c2ccc3c(c2)CCC2C(C)(CO)CCCC32C)cc1. The standard InChI is InChI=1S/C29H40O2/c1-20(2)31-24-12-9-22(10-13-24)27(3,4)23-11-14-25-21(18-23)8-15-26-28(5,19-30)16-7-17-29(25,26)6/h9-14,18,20,26,30H,7-8,15-17,19H2,1-6H3. The van der Waals surface area contributed by atoms with E-state index in [1.54, 1.807) is 0 Å². The summed E-state index contributed by atoms with van der Waals surface area (Å²) >= 11 is 0. The Morgan fingerprint density at radius 3 is 2.35 bits per heavy atom. The van der Waals surface area contributed by atoms with Gasteiger partial charge in [0, 0.05) is 12.0 Å². The smallest absolute Gasteiger partial charge is 0.119 e. The molecule has 0 radical (unpaired) electrons. The Morgan fingerprint density at radius 2 is 1.71 bits per heavy atom. The average molecular weight is 421 g/mol. The number of aliphatic hydroxyl groups excluding tert-OH is 1. The van der Waals surface area contributed by atoms with Crippen LogP contribution in [0.5, 0.6) is 5.75 Å². The van der Waals surface area contributed by atoms with E-state index in [1.807, 2.05) is 0 Å². The Morgan fingerprint density at radius 1 is 1.03 bits per heavy atom. The molecular formula is C29H40O2. The van der Waals surface area contributed by atoms with Gasteiger partial charge in [0.15, 0.2) is 0 Å². The van der Waals surface area contributed by atoms with Gasteiger partial charge in [0.25, 0.3) is 0 Å². The molecule has 0 heterocycles. The van der Waals surface area contributed by atoms with Crippen LogP contribution >= 0.6 is 0 Å². The summed E-state index contributed by atoms with van der Waals surface area (Å²) < 4.78 is 5.83. The van der Waals surface area contributed by atoms with Crippen molar-refractivity contribution in [2.24, 2.45) is 11.3 Å².